The highest BCUT2D eigenvalue weighted by Gasteiger charge is 2.27. The van der Waals surface area contributed by atoms with Crippen molar-refractivity contribution in [3.05, 3.63) is 71.6 Å². The predicted molar refractivity (Wildman–Crippen MR) is 98.2 cm³/mol. The van der Waals surface area contributed by atoms with Crippen molar-refractivity contribution in [2.24, 2.45) is 5.92 Å². The van der Waals surface area contributed by atoms with Gasteiger partial charge in [0.25, 0.3) is 0 Å². The van der Waals surface area contributed by atoms with Crippen molar-refractivity contribution in [1.82, 2.24) is 15.1 Å². The molecule has 26 heavy (non-hydrogen) atoms. The molecule has 0 fully saturated rings. The molecule has 0 bridgehead atoms. The van der Waals surface area contributed by atoms with Crippen LogP contribution in [0, 0.1) is 5.92 Å². The van der Waals surface area contributed by atoms with Gasteiger partial charge in [0.15, 0.2) is 0 Å². The highest BCUT2D eigenvalue weighted by Crippen LogP contribution is 2.27. The first-order valence-electron chi connectivity index (χ1n) is 8.90. The lowest BCUT2D eigenvalue weighted by Crippen LogP contribution is -2.35. The quantitative estimate of drug-likeness (QED) is 0.725. The second-order valence-corrected chi connectivity index (χ2v) is 6.77. The molecule has 0 saturated carbocycles. The summed E-state index contributed by atoms with van der Waals surface area (Å²) < 4.78 is 5.72. The minimum atomic E-state index is 0.0198. The van der Waals surface area contributed by atoms with Gasteiger partial charge in [0.2, 0.25) is 17.7 Å². The van der Waals surface area contributed by atoms with Crippen LogP contribution < -0.4 is 0 Å². The van der Waals surface area contributed by atoms with Crippen molar-refractivity contribution in [2.75, 3.05) is 7.05 Å². The van der Waals surface area contributed by atoms with Gasteiger partial charge in [0.05, 0.1) is 6.54 Å². The van der Waals surface area contributed by atoms with E-state index in [1.807, 2.05) is 36.4 Å². The molecular formula is C21H21N3O2. The summed E-state index contributed by atoms with van der Waals surface area (Å²) in [5.41, 5.74) is 3.53. The third-order valence-electron chi connectivity index (χ3n) is 4.93. The zero-order valence-corrected chi connectivity index (χ0v) is 14.8. The predicted octanol–water partition coefficient (Wildman–Crippen LogP) is 3.50. The van der Waals surface area contributed by atoms with Gasteiger partial charge in [0, 0.05) is 18.5 Å². The molecule has 1 amide bonds. The summed E-state index contributed by atoms with van der Waals surface area (Å²) in [6.45, 7) is 0.330. The third-order valence-corrected chi connectivity index (χ3v) is 4.93. The Morgan fingerprint density at radius 1 is 1.08 bits per heavy atom. The minimum absolute atomic E-state index is 0.0198. The van der Waals surface area contributed by atoms with Crippen molar-refractivity contribution < 1.29 is 9.21 Å². The number of aryl methyl sites for hydroxylation is 1. The molecule has 1 aromatic heterocycles. The van der Waals surface area contributed by atoms with Crippen LogP contribution in [0.25, 0.3) is 11.5 Å². The molecule has 0 radical (unpaired) electrons. The van der Waals surface area contributed by atoms with Gasteiger partial charge in [-0.15, -0.1) is 10.2 Å². The first-order valence-corrected chi connectivity index (χ1v) is 8.90. The molecule has 0 saturated heterocycles. The topological polar surface area (TPSA) is 59.2 Å². The van der Waals surface area contributed by atoms with E-state index < -0.39 is 0 Å². The van der Waals surface area contributed by atoms with E-state index in [9.17, 15) is 4.79 Å². The summed E-state index contributed by atoms with van der Waals surface area (Å²) in [6, 6.07) is 18.0. The average molecular weight is 347 g/mol. The normalized spacial score (nSPS) is 16.1. The van der Waals surface area contributed by atoms with Crippen molar-refractivity contribution in [3.63, 3.8) is 0 Å². The summed E-state index contributed by atoms with van der Waals surface area (Å²) in [6.07, 6.45) is 2.65. The molecule has 1 aliphatic carbocycles. The highest BCUT2D eigenvalue weighted by molar-refractivity contribution is 5.79. The number of rotatable bonds is 4. The largest absolute Gasteiger partial charge is 0.419 e. The van der Waals surface area contributed by atoms with E-state index in [1.165, 1.54) is 11.1 Å². The first kappa shape index (κ1) is 16.5. The zero-order valence-electron chi connectivity index (χ0n) is 14.8. The Hall–Kier alpha value is -2.95. The molecule has 3 aromatic rings. The molecule has 2 aromatic carbocycles. The molecule has 4 rings (SSSR count). The maximum atomic E-state index is 12.8. The fourth-order valence-corrected chi connectivity index (χ4v) is 3.52. The molecule has 132 valence electrons. The van der Waals surface area contributed by atoms with Crippen LogP contribution in [0.2, 0.25) is 0 Å². The van der Waals surface area contributed by atoms with Crippen LogP contribution in [0.4, 0.5) is 0 Å². The monoisotopic (exact) mass is 347 g/mol. The standard InChI is InChI=1S/C21H21N3O2/c1-24(14-19-22-23-20(26-19)16-8-3-2-4-9-16)21(25)18-12-11-15-7-5-6-10-17(15)13-18/h2-10,18H,11-14H2,1H3/t18-/m0/s1. The summed E-state index contributed by atoms with van der Waals surface area (Å²) in [4.78, 5) is 14.5. The van der Waals surface area contributed by atoms with Gasteiger partial charge in [0.1, 0.15) is 0 Å². The van der Waals surface area contributed by atoms with E-state index in [0.29, 0.717) is 18.3 Å². The molecule has 0 spiro atoms. The lowest BCUT2D eigenvalue weighted by Gasteiger charge is -2.27. The zero-order chi connectivity index (χ0) is 17.9. The number of nitrogens with zero attached hydrogens (tertiary/aromatic N) is 3. The molecule has 0 aliphatic heterocycles. The maximum Gasteiger partial charge on any atom is 0.247 e. The summed E-state index contributed by atoms with van der Waals surface area (Å²) in [5, 5.41) is 8.17. The molecular weight excluding hydrogens is 326 g/mol. The van der Waals surface area contributed by atoms with Crippen LogP contribution in [0.3, 0.4) is 0 Å². The fraction of sp³-hybridized carbons (Fsp3) is 0.286. The number of hydrogen-bond donors (Lipinski definition) is 0. The summed E-state index contributed by atoms with van der Waals surface area (Å²) in [5.74, 6) is 1.09. The minimum Gasteiger partial charge on any atom is -0.419 e. The first-order chi connectivity index (χ1) is 12.7. The van der Waals surface area contributed by atoms with Crippen molar-refractivity contribution in [1.29, 1.82) is 0 Å². The molecule has 5 nitrogen and oxygen atoms in total. The van der Waals surface area contributed by atoms with Gasteiger partial charge >= 0.3 is 0 Å². The fourth-order valence-electron chi connectivity index (χ4n) is 3.52. The van der Waals surface area contributed by atoms with E-state index in [1.54, 1.807) is 11.9 Å². The number of amides is 1. The van der Waals surface area contributed by atoms with E-state index in [-0.39, 0.29) is 11.8 Å². The summed E-state index contributed by atoms with van der Waals surface area (Å²) >= 11 is 0. The molecule has 1 heterocycles. The Balaban J connectivity index is 1.42. The smallest absolute Gasteiger partial charge is 0.247 e. The van der Waals surface area contributed by atoms with Gasteiger partial charge < -0.3 is 9.32 Å². The maximum absolute atomic E-state index is 12.8. The molecule has 1 aliphatic rings. The average Bonchev–Trinajstić information content (AvgIpc) is 3.16. The van der Waals surface area contributed by atoms with Crippen molar-refractivity contribution >= 4 is 5.91 Å². The van der Waals surface area contributed by atoms with Gasteiger partial charge in [-0.3, -0.25) is 4.79 Å². The third kappa shape index (κ3) is 3.38. The number of aromatic nitrogens is 2. The second kappa shape index (κ2) is 7.12. The van der Waals surface area contributed by atoms with E-state index in [0.717, 1.165) is 24.8 Å². The molecule has 0 N–H and O–H groups in total. The van der Waals surface area contributed by atoms with Gasteiger partial charge in [-0.2, -0.15) is 0 Å². The van der Waals surface area contributed by atoms with Crippen LogP contribution in [-0.2, 0) is 24.2 Å². The van der Waals surface area contributed by atoms with Crippen molar-refractivity contribution in [2.45, 2.75) is 25.8 Å². The van der Waals surface area contributed by atoms with Gasteiger partial charge in [-0.25, -0.2) is 0 Å². The molecule has 5 heteroatoms. The van der Waals surface area contributed by atoms with Crippen molar-refractivity contribution in [3.8, 4) is 11.5 Å². The number of benzene rings is 2. The van der Waals surface area contributed by atoms with E-state index in [4.69, 9.17) is 4.42 Å². The lowest BCUT2D eigenvalue weighted by molar-refractivity contribution is -0.135. The van der Waals surface area contributed by atoms with E-state index in [2.05, 4.69) is 28.4 Å². The van der Waals surface area contributed by atoms with Crippen LogP contribution in [0.15, 0.2) is 59.0 Å². The lowest BCUT2D eigenvalue weighted by atomic mass is 9.83. The Morgan fingerprint density at radius 3 is 2.62 bits per heavy atom. The van der Waals surface area contributed by atoms with Gasteiger partial charge in [-0.05, 0) is 42.5 Å². The SMILES string of the molecule is CN(Cc1nnc(-c2ccccc2)o1)C(=O)[C@H]1CCc2ccccc2C1. The summed E-state index contributed by atoms with van der Waals surface area (Å²) in [7, 11) is 1.80. The Labute approximate surface area is 152 Å². The second-order valence-electron chi connectivity index (χ2n) is 6.77. The number of fused-ring (bicyclic) bond motifs is 1. The number of carbonyl (C=O) groups excluding carboxylic acids is 1. The van der Waals surface area contributed by atoms with Crippen LogP contribution in [0.1, 0.15) is 23.4 Å². The van der Waals surface area contributed by atoms with Crippen LogP contribution in [0.5, 0.6) is 0 Å². The highest BCUT2D eigenvalue weighted by atomic mass is 16.4. The Bertz CT molecular complexity index is 904. The number of carbonyl (C=O) groups is 1. The van der Waals surface area contributed by atoms with Gasteiger partial charge in [-0.1, -0.05) is 42.5 Å². The molecule has 0 unspecified atom stereocenters. The van der Waals surface area contributed by atoms with Crippen LogP contribution >= 0.6 is 0 Å². The molecule has 1 atom stereocenters. The van der Waals surface area contributed by atoms with Crippen LogP contribution in [-0.4, -0.2) is 28.1 Å². The Kier molecular flexibility index (Phi) is 4.52. The Morgan fingerprint density at radius 2 is 1.81 bits per heavy atom. The van der Waals surface area contributed by atoms with E-state index >= 15 is 0 Å². The number of hydrogen-bond acceptors (Lipinski definition) is 4.